The van der Waals surface area contributed by atoms with Gasteiger partial charge in [0.2, 0.25) is 0 Å². The Morgan fingerprint density at radius 2 is 2.00 bits per heavy atom. The Hall–Kier alpha value is -0.390. The third-order valence-electron chi connectivity index (χ3n) is 3.11. The molecule has 0 heterocycles. The van der Waals surface area contributed by atoms with E-state index in [1.54, 1.807) is 0 Å². The molecule has 0 atom stereocenters. The molecule has 0 saturated heterocycles. The van der Waals surface area contributed by atoms with Crippen molar-refractivity contribution in [2.75, 3.05) is 19.6 Å². The number of hydrogen-bond donors (Lipinski definition) is 1. The van der Waals surface area contributed by atoms with Crippen LogP contribution in [0.15, 0.2) is 27.1 Å². The van der Waals surface area contributed by atoms with Crippen LogP contribution in [0.3, 0.4) is 0 Å². The summed E-state index contributed by atoms with van der Waals surface area (Å²) >= 11 is 6.87. The lowest BCUT2D eigenvalue weighted by molar-refractivity contribution is 0.0688. The average Bonchev–Trinajstić information content (AvgIpc) is 2.40. The van der Waals surface area contributed by atoms with Crippen molar-refractivity contribution in [3.05, 3.63) is 32.7 Å². The van der Waals surface area contributed by atoms with E-state index in [9.17, 15) is 4.79 Å². The second-order valence-electron chi connectivity index (χ2n) is 5.72. The largest absolute Gasteiger partial charge is 0.338 e. The maximum atomic E-state index is 12.7. The Morgan fingerprint density at radius 3 is 2.55 bits per heavy atom. The van der Waals surface area contributed by atoms with Gasteiger partial charge in [0.1, 0.15) is 0 Å². The third kappa shape index (κ3) is 4.86. The number of nitrogens with zero attached hydrogens (tertiary/aromatic N) is 1. The van der Waals surface area contributed by atoms with Crippen molar-refractivity contribution in [1.82, 2.24) is 4.90 Å². The van der Waals surface area contributed by atoms with E-state index in [0.29, 0.717) is 18.7 Å². The number of nitrogens with two attached hydrogens (primary N) is 1. The molecule has 3 nitrogen and oxygen atoms in total. The van der Waals surface area contributed by atoms with E-state index in [2.05, 4.69) is 52.6 Å². The number of carbonyl (C=O) groups is 1. The first kappa shape index (κ1) is 17.7. The number of rotatable bonds is 6. The van der Waals surface area contributed by atoms with E-state index < -0.39 is 0 Å². The van der Waals surface area contributed by atoms with Gasteiger partial charge in [0, 0.05) is 22.0 Å². The van der Waals surface area contributed by atoms with Crippen LogP contribution in [0.2, 0.25) is 0 Å². The third-order valence-corrected chi connectivity index (χ3v) is 4.30. The van der Waals surface area contributed by atoms with E-state index in [1.165, 1.54) is 0 Å². The highest BCUT2D eigenvalue weighted by atomic mass is 79.9. The van der Waals surface area contributed by atoms with E-state index in [0.717, 1.165) is 21.9 Å². The zero-order chi connectivity index (χ0) is 15.3. The van der Waals surface area contributed by atoms with Crippen LogP contribution in [0.25, 0.3) is 0 Å². The molecule has 0 fully saturated rings. The second-order valence-corrected chi connectivity index (χ2v) is 7.49. The van der Waals surface area contributed by atoms with E-state index in [4.69, 9.17) is 5.73 Å². The summed E-state index contributed by atoms with van der Waals surface area (Å²) < 4.78 is 1.72. The molecule has 2 N–H and O–H groups in total. The lowest BCUT2D eigenvalue weighted by Crippen LogP contribution is -2.42. The van der Waals surface area contributed by atoms with Gasteiger partial charge in [-0.3, -0.25) is 4.79 Å². The number of hydrogen-bond acceptors (Lipinski definition) is 2. The fourth-order valence-electron chi connectivity index (χ4n) is 1.94. The Labute approximate surface area is 138 Å². The molecule has 1 aromatic rings. The molecule has 112 valence electrons. The van der Waals surface area contributed by atoms with Gasteiger partial charge >= 0.3 is 0 Å². The van der Waals surface area contributed by atoms with E-state index in [-0.39, 0.29) is 11.3 Å². The van der Waals surface area contributed by atoms with Crippen molar-refractivity contribution in [2.45, 2.75) is 27.2 Å². The van der Waals surface area contributed by atoms with Gasteiger partial charge in [-0.2, -0.15) is 0 Å². The van der Waals surface area contributed by atoms with Crippen LogP contribution in [-0.4, -0.2) is 30.4 Å². The predicted molar refractivity (Wildman–Crippen MR) is 90.9 cm³/mol. The molecule has 1 aromatic carbocycles. The Kier molecular flexibility index (Phi) is 6.69. The summed E-state index contributed by atoms with van der Waals surface area (Å²) in [5.41, 5.74) is 6.39. The fourth-order valence-corrected chi connectivity index (χ4v) is 2.71. The molecule has 0 aliphatic heterocycles. The van der Waals surface area contributed by atoms with E-state index >= 15 is 0 Å². The van der Waals surface area contributed by atoms with Gasteiger partial charge in [0.25, 0.3) is 5.91 Å². The lowest BCUT2D eigenvalue weighted by atomic mass is 9.92. The molecular weight excluding hydrogens is 384 g/mol. The van der Waals surface area contributed by atoms with Crippen LogP contribution in [0.5, 0.6) is 0 Å². The minimum absolute atomic E-state index is 0.0431. The summed E-state index contributed by atoms with van der Waals surface area (Å²) in [6.45, 7) is 8.19. The monoisotopic (exact) mass is 404 g/mol. The van der Waals surface area contributed by atoms with E-state index in [1.807, 2.05) is 23.1 Å². The maximum absolute atomic E-state index is 12.7. The van der Waals surface area contributed by atoms with Gasteiger partial charge in [-0.05, 0) is 52.5 Å². The molecule has 20 heavy (non-hydrogen) atoms. The minimum Gasteiger partial charge on any atom is -0.338 e. The highest BCUT2D eigenvalue weighted by molar-refractivity contribution is 9.11. The smallest absolute Gasteiger partial charge is 0.255 e. The Balaban J connectivity index is 3.02. The van der Waals surface area contributed by atoms with Gasteiger partial charge in [0.05, 0.1) is 5.56 Å². The van der Waals surface area contributed by atoms with Crippen LogP contribution >= 0.6 is 31.9 Å². The first-order valence-corrected chi connectivity index (χ1v) is 8.33. The van der Waals surface area contributed by atoms with Crippen molar-refractivity contribution in [3.8, 4) is 0 Å². The predicted octanol–water partition coefficient (Wildman–Crippen LogP) is 4.05. The van der Waals surface area contributed by atoms with Crippen LogP contribution in [0.4, 0.5) is 0 Å². The molecule has 1 amide bonds. The molecule has 0 aliphatic carbocycles. The second kappa shape index (κ2) is 7.57. The summed E-state index contributed by atoms with van der Waals surface area (Å²) in [7, 11) is 0. The molecule has 0 saturated carbocycles. The summed E-state index contributed by atoms with van der Waals surface area (Å²) in [4.78, 5) is 14.6. The quantitative estimate of drug-likeness (QED) is 0.775. The molecule has 0 aliphatic rings. The van der Waals surface area contributed by atoms with Gasteiger partial charge in [-0.1, -0.05) is 36.7 Å². The molecule has 0 spiro atoms. The van der Waals surface area contributed by atoms with Crippen molar-refractivity contribution in [1.29, 1.82) is 0 Å². The summed E-state index contributed by atoms with van der Waals surface area (Å²) in [6, 6.07) is 5.65. The van der Waals surface area contributed by atoms with Crippen LogP contribution in [0.1, 0.15) is 37.6 Å². The normalized spacial score (nSPS) is 11.5. The van der Waals surface area contributed by atoms with Gasteiger partial charge in [-0.25, -0.2) is 0 Å². The van der Waals surface area contributed by atoms with Gasteiger partial charge < -0.3 is 10.6 Å². The summed E-state index contributed by atoms with van der Waals surface area (Å²) in [6.07, 6.45) is 0.929. The van der Waals surface area contributed by atoms with Gasteiger partial charge in [0.15, 0.2) is 0 Å². The first-order chi connectivity index (χ1) is 9.30. The van der Waals surface area contributed by atoms with Gasteiger partial charge in [-0.15, -0.1) is 0 Å². The standard InChI is InChI=1S/C15H22Br2N2O/c1-4-7-19(10-15(2,3)9-18)14(20)12-8-11(16)5-6-13(12)17/h5-6,8H,4,7,9-10,18H2,1-3H3. The molecule has 0 aromatic heterocycles. The average molecular weight is 406 g/mol. The molecular formula is C15H22Br2N2O. The lowest BCUT2D eigenvalue weighted by Gasteiger charge is -2.32. The number of halogens is 2. The number of benzene rings is 1. The van der Waals surface area contributed by atoms with Crippen LogP contribution in [0, 0.1) is 5.41 Å². The topological polar surface area (TPSA) is 46.3 Å². The molecule has 0 radical (unpaired) electrons. The van der Waals surface area contributed by atoms with Crippen molar-refractivity contribution in [3.63, 3.8) is 0 Å². The summed E-state index contributed by atoms with van der Waals surface area (Å²) in [5, 5.41) is 0. The number of amides is 1. The SMILES string of the molecule is CCCN(CC(C)(C)CN)C(=O)c1cc(Br)ccc1Br. The number of carbonyl (C=O) groups excluding carboxylic acids is 1. The fraction of sp³-hybridized carbons (Fsp3) is 0.533. The molecule has 1 rings (SSSR count). The Morgan fingerprint density at radius 1 is 1.35 bits per heavy atom. The zero-order valence-corrected chi connectivity index (χ0v) is 15.4. The highest BCUT2D eigenvalue weighted by Crippen LogP contribution is 2.24. The summed E-state index contributed by atoms with van der Waals surface area (Å²) in [5.74, 6) is 0.0431. The highest BCUT2D eigenvalue weighted by Gasteiger charge is 2.25. The van der Waals surface area contributed by atoms with Crippen molar-refractivity contribution >= 4 is 37.8 Å². The van der Waals surface area contributed by atoms with Crippen LogP contribution in [-0.2, 0) is 0 Å². The first-order valence-electron chi connectivity index (χ1n) is 6.75. The van der Waals surface area contributed by atoms with Crippen molar-refractivity contribution < 1.29 is 4.79 Å². The molecule has 5 heteroatoms. The molecule has 0 unspecified atom stereocenters. The molecule has 0 bridgehead atoms. The minimum atomic E-state index is -0.0800. The maximum Gasteiger partial charge on any atom is 0.255 e. The zero-order valence-electron chi connectivity index (χ0n) is 12.2. The van der Waals surface area contributed by atoms with Crippen LogP contribution < -0.4 is 5.73 Å². The van der Waals surface area contributed by atoms with Crippen molar-refractivity contribution in [2.24, 2.45) is 11.1 Å². The Bertz CT molecular complexity index is 475.